The maximum absolute atomic E-state index is 5.19. The highest BCUT2D eigenvalue weighted by molar-refractivity contribution is 6.17. The molecule has 6 heavy (non-hydrogen) atoms. The van der Waals surface area contributed by atoms with Crippen LogP contribution in [0.1, 0.15) is 13.3 Å². The van der Waals surface area contributed by atoms with Crippen LogP contribution in [-0.2, 0) is 0 Å². The van der Waals surface area contributed by atoms with Gasteiger partial charge in [-0.15, -0.1) is 11.6 Å². The first-order valence-electron chi connectivity index (χ1n) is 2.05. The summed E-state index contributed by atoms with van der Waals surface area (Å²) >= 11 is 5.19. The summed E-state index contributed by atoms with van der Waals surface area (Å²) in [5, 5.41) is 0. The number of rotatable bonds is 1. The van der Waals surface area contributed by atoms with Crippen LogP contribution < -0.4 is 5.73 Å². The second-order valence-electron chi connectivity index (χ2n) is 0.689. The molecule has 0 rings (SSSR count). The summed E-state index contributed by atoms with van der Waals surface area (Å²) in [6.45, 7) is 2.05. The molecule has 0 fully saturated rings. The average molecular weight is 110 g/mol. The highest BCUT2D eigenvalue weighted by atomic mass is 35.5. The lowest BCUT2D eigenvalue weighted by Crippen LogP contribution is -1.69. The third-order valence-electron chi connectivity index (χ3n) is 0.189. The minimum Gasteiger partial charge on any atom is -0.333 e. The zero-order chi connectivity index (χ0) is 5.41. The molecule has 40 valence electrons. The van der Waals surface area contributed by atoms with Crippen molar-refractivity contribution in [3.8, 4) is 0 Å². The molecule has 0 amide bonds. The van der Waals surface area contributed by atoms with Crippen LogP contribution in [0.5, 0.6) is 0 Å². The zero-order valence-electron chi connectivity index (χ0n) is 4.37. The van der Waals surface area contributed by atoms with E-state index in [-0.39, 0.29) is 0 Å². The lowest BCUT2D eigenvalue weighted by Gasteiger charge is -1.65. The summed E-state index contributed by atoms with van der Waals surface area (Å²) in [6.07, 6.45) is 1.08. The fourth-order valence-electron chi connectivity index (χ4n) is 0. The Morgan fingerprint density at radius 3 is 1.67 bits per heavy atom. The van der Waals surface area contributed by atoms with Crippen molar-refractivity contribution in [2.24, 2.45) is 5.73 Å². The molecule has 0 aliphatic heterocycles. The van der Waals surface area contributed by atoms with E-state index in [4.69, 9.17) is 11.6 Å². The summed E-state index contributed by atoms with van der Waals surface area (Å²) in [5.41, 5.74) is 4.50. The number of alkyl halides is 1. The van der Waals surface area contributed by atoms with Gasteiger partial charge in [0.2, 0.25) is 0 Å². The SMILES string of the molecule is CCCCl.CN. The molecule has 0 spiro atoms. The Bertz CT molecular complexity index is 9.51. The molecule has 0 unspecified atom stereocenters. The van der Waals surface area contributed by atoms with Gasteiger partial charge >= 0.3 is 0 Å². The van der Waals surface area contributed by atoms with Crippen molar-refractivity contribution in [1.82, 2.24) is 0 Å². The van der Waals surface area contributed by atoms with E-state index >= 15 is 0 Å². The van der Waals surface area contributed by atoms with Crippen molar-refractivity contribution in [2.75, 3.05) is 12.9 Å². The second kappa shape index (κ2) is 18.7. The van der Waals surface area contributed by atoms with Crippen LogP contribution in [-0.4, -0.2) is 12.9 Å². The van der Waals surface area contributed by atoms with E-state index in [9.17, 15) is 0 Å². The van der Waals surface area contributed by atoms with Crippen LogP contribution >= 0.6 is 11.6 Å². The van der Waals surface area contributed by atoms with Crippen LogP contribution in [0.2, 0.25) is 0 Å². The predicted octanol–water partition coefficient (Wildman–Crippen LogP) is 1.21. The lowest BCUT2D eigenvalue weighted by atomic mass is 10.6. The van der Waals surface area contributed by atoms with Gasteiger partial charge in [0.05, 0.1) is 0 Å². The highest BCUT2D eigenvalue weighted by Gasteiger charge is 1.59. The van der Waals surface area contributed by atoms with E-state index < -0.39 is 0 Å². The van der Waals surface area contributed by atoms with Gasteiger partial charge in [-0.1, -0.05) is 6.92 Å². The molecule has 1 nitrogen and oxygen atoms in total. The highest BCUT2D eigenvalue weighted by Crippen LogP contribution is 1.75. The van der Waals surface area contributed by atoms with Crippen molar-refractivity contribution in [3.05, 3.63) is 0 Å². The Hall–Kier alpha value is 0.250. The first-order valence-corrected chi connectivity index (χ1v) is 2.59. The molecule has 0 atom stereocenters. The molecule has 2 N–H and O–H groups in total. The van der Waals surface area contributed by atoms with Crippen molar-refractivity contribution in [1.29, 1.82) is 0 Å². The van der Waals surface area contributed by atoms with Crippen molar-refractivity contribution >= 4 is 11.6 Å². The molecular formula is C4H12ClN. The van der Waals surface area contributed by atoms with Crippen LogP contribution in [0.15, 0.2) is 0 Å². The van der Waals surface area contributed by atoms with E-state index in [1.807, 2.05) is 6.92 Å². The topological polar surface area (TPSA) is 26.0 Å². The van der Waals surface area contributed by atoms with Gasteiger partial charge in [0.25, 0.3) is 0 Å². The summed E-state index contributed by atoms with van der Waals surface area (Å²) in [6, 6.07) is 0. The quantitative estimate of drug-likeness (QED) is 0.504. The van der Waals surface area contributed by atoms with Crippen molar-refractivity contribution in [3.63, 3.8) is 0 Å². The Kier molecular flexibility index (Phi) is 29.8. The van der Waals surface area contributed by atoms with Gasteiger partial charge in [-0.25, -0.2) is 0 Å². The van der Waals surface area contributed by atoms with Crippen molar-refractivity contribution in [2.45, 2.75) is 13.3 Å². The summed E-state index contributed by atoms with van der Waals surface area (Å²) in [4.78, 5) is 0. The molecule has 0 aromatic carbocycles. The standard InChI is InChI=1S/C3H7Cl.CH5N/c1-2-3-4;1-2/h2-3H2,1H3;2H2,1H3. The molecule has 0 aliphatic carbocycles. The summed E-state index contributed by atoms with van der Waals surface area (Å²) in [7, 11) is 1.50. The van der Waals surface area contributed by atoms with Gasteiger partial charge in [0, 0.05) is 5.88 Å². The summed E-state index contributed by atoms with van der Waals surface area (Å²) in [5.74, 6) is 0.792. The van der Waals surface area contributed by atoms with Gasteiger partial charge in [-0.05, 0) is 13.5 Å². The number of hydrogen-bond acceptors (Lipinski definition) is 1. The maximum atomic E-state index is 5.19. The number of hydrogen-bond donors (Lipinski definition) is 1. The minimum absolute atomic E-state index is 0.792. The first-order chi connectivity index (χ1) is 2.91. The second-order valence-corrected chi connectivity index (χ2v) is 1.07. The largest absolute Gasteiger partial charge is 0.333 e. The molecule has 0 aliphatic rings. The Balaban J connectivity index is 0. The molecule has 0 aromatic heterocycles. The number of halogens is 1. The van der Waals surface area contributed by atoms with E-state index in [0.717, 1.165) is 12.3 Å². The van der Waals surface area contributed by atoms with Gasteiger partial charge in [-0.2, -0.15) is 0 Å². The van der Waals surface area contributed by atoms with Gasteiger partial charge in [0.1, 0.15) is 0 Å². The number of nitrogens with two attached hydrogens (primary N) is 1. The van der Waals surface area contributed by atoms with Crippen LogP contribution in [0, 0.1) is 0 Å². The molecule has 0 radical (unpaired) electrons. The van der Waals surface area contributed by atoms with E-state index in [2.05, 4.69) is 5.73 Å². The molecule has 0 saturated carbocycles. The third kappa shape index (κ3) is 28.7. The average Bonchev–Trinajstić information content (AvgIpc) is 1.72. The molecule has 0 bridgehead atoms. The smallest absolute Gasteiger partial charge is 0.0220 e. The van der Waals surface area contributed by atoms with Gasteiger partial charge < -0.3 is 5.73 Å². The van der Waals surface area contributed by atoms with E-state index in [0.29, 0.717) is 0 Å². The Morgan fingerprint density at radius 2 is 1.67 bits per heavy atom. The minimum atomic E-state index is 0.792. The van der Waals surface area contributed by atoms with E-state index in [1.54, 1.807) is 0 Å². The van der Waals surface area contributed by atoms with Gasteiger partial charge in [-0.3, -0.25) is 0 Å². The van der Waals surface area contributed by atoms with Crippen LogP contribution in [0.3, 0.4) is 0 Å². The Labute approximate surface area is 44.5 Å². The zero-order valence-corrected chi connectivity index (χ0v) is 5.13. The molecular weight excluding hydrogens is 97.5 g/mol. The lowest BCUT2D eigenvalue weighted by molar-refractivity contribution is 1.10. The predicted molar refractivity (Wildman–Crippen MR) is 31.1 cm³/mol. The van der Waals surface area contributed by atoms with Crippen LogP contribution in [0.25, 0.3) is 0 Å². The molecule has 0 aromatic rings. The maximum Gasteiger partial charge on any atom is 0.0220 e. The summed E-state index contributed by atoms with van der Waals surface area (Å²) < 4.78 is 0. The van der Waals surface area contributed by atoms with Crippen molar-refractivity contribution < 1.29 is 0 Å². The van der Waals surface area contributed by atoms with E-state index in [1.165, 1.54) is 7.05 Å². The molecule has 0 heterocycles. The van der Waals surface area contributed by atoms with Gasteiger partial charge in [0.15, 0.2) is 0 Å². The monoisotopic (exact) mass is 109 g/mol. The fraction of sp³-hybridized carbons (Fsp3) is 1.00. The molecule has 2 heteroatoms. The fourth-order valence-corrected chi connectivity index (χ4v) is 0. The first kappa shape index (κ1) is 9.54. The third-order valence-corrected chi connectivity index (χ3v) is 0.567. The Morgan fingerprint density at radius 1 is 1.50 bits per heavy atom. The van der Waals surface area contributed by atoms with Crippen LogP contribution in [0.4, 0.5) is 0 Å². The molecule has 0 saturated heterocycles. The normalized spacial score (nSPS) is 6.00.